The maximum atomic E-state index is 11.4. The first kappa shape index (κ1) is 28.1. The molecule has 3 aromatic carbocycles. The van der Waals surface area contributed by atoms with Gasteiger partial charge in [0.25, 0.3) is 0 Å². The van der Waals surface area contributed by atoms with E-state index in [1.54, 1.807) is 0 Å². The Balaban J connectivity index is 1.70. The molecule has 12 heteroatoms. The van der Waals surface area contributed by atoms with Crippen LogP contribution in [-0.2, 0) is 22.2 Å². The Bertz CT molecular complexity index is 1770. The molecule has 0 aliphatic carbocycles. The summed E-state index contributed by atoms with van der Waals surface area (Å²) >= 11 is 7.23. The van der Waals surface area contributed by atoms with Crippen molar-refractivity contribution in [3.8, 4) is 0 Å². The average molecular weight is 686 g/mol. The summed E-state index contributed by atoms with van der Waals surface area (Å²) in [7, 11) is -8.08. The molecule has 8 nitrogen and oxygen atoms in total. The van der Waals surface area contributed by atoms with Gasteiger partial charge in [0.2, 0.25) is 0 Å². The van der Waals surface area contributed by atoms with Gasteiger partial charge in [0, 0.05) is 66.9 Å². The standard InChI is InChI=1S/C26H28Br2N2O6P2/c27-17-5-8-22-20(15-17)19-7-10-24-25(26(19)30(22)12-2-4-14-38(34,35)36)21-16-18(28)6-9-23(21)29(24)11-1-3-13-37(31,32)33/h5-10,15-16H,1-4,11-14H2,(H2,31,32,33)(H2,34,35,36). The van der Waals surface area contributed by atoms with Crippen molar-refractivity contribution >= 4 is 90.7 Å². The highest BCUT2D eigenvalue weighted by Gasteiger charge is 2.20. The molecule has 0 bridgehead atoms. The molecule has 0 spiro atoms. The molecule has 0 atom stereocenters. The Morgan fingerprint density at radius 2 is 1.11 bits per heavy atom. The van der Waals surface area contributed by atoms with Crippen molar-refractivity contribution in [2.75, 3.05) is 12.3 Å². The van der Waals surface area contributed by atoms with E-state index in [-0.39, 0.29) is 12.3 Å². The van der Waals surface area contributed by atoms with Gasteiger partial charge >= 0.3 is 15.2 Å². The fourth-order valence-corrected chi connectivity index (χ4v) is 7.36. The minimum atomic E-state index is -4.05. The fraction of sp³-hybridized carbons (Fsp3) is 0.308. The largest absolute Gasteiger partial charge is 0.340 e. The lowest BCUT2D eigenvalue weighted by molar-refractivity contribution is 0.368. The lowest BCUT2D eigenvalue weighted by atomic mass is 10.1. The number of benzene rings is 3. The molecule has 0 saturated carbocycles. The van der Waals surface area contributed by atoms with Gasteiger partial charge in [0.15, 0.2) is 0 Å². The van der Waals surface area contributed by atoms with Gasteiger partial charge in [-0.05, 0) is 68.1 Å². The van der Waals surface area contributed by atoms with Gasteiger partial charge in [-0.3, -0.25) is 9.13 Å². The molecule has 0 aliphatic heterocycles. The van der Waals surface area contributed by atoms with Crippen LogP contribution in [0.5, 0.6) is 0 Å². The van der Waals surface area contributed by atoms with E-state index in [9.17, 15) is 28.7 Å². The zero-order valence-corrected chi connectivity index (χ0v) is 25.4. The summed E-state index contributed by atoms with van der Waals surface area (Å²) in [5.74, 6) is 0. The number of hydrogen-bond donors (Lipinski definition) is 4. The first-order chi connectivity index (χ1) is 17.9. The van der Waals surface area contributed by atoms with Crippen LogP contribution in [0.4, 0.5) is 0 Å². The highest BCUT2D eigenvalue weighted by molar-refractivity contribution is 9.10. The minimum absolute atomic E-state index is 0.127. The topological polar surface area (TPSA) is 125 Å². The number of nitrogens with zero attached hydrogens (tertiary/aromatic N) is 2. The van der Waals surface area contributed by atoms with E-state index in [0.717, 1.165) is 52.6 Å². The number of hydrogen-bond acceptors (Lipinski definition) is 2. The van der Waals surface area contributed by atoms with E-state index in [1.165, 1.54) is 0 Å². The second kappa shape index (κ2) is 10.8. The number of fused-ring (bicyclic) bond motifs is 7. The van der Waals surface area contributed by atoms with Crippen LogP contribution in [0.3, 0.4) is 0 Å². The average Bonchev–Trinajstić information content (AvgIpc) is 3.30. The van der Waals surface area contributed by atoms with Crippen LogP contribution in [0, 0.1) is 0 Å². The van der Waals surface area contributed by atoms with Gasteiger partial charge in [0.1, 0.15) is 0 Å². The lowest BCUT2D eigenvalue weighted by Crippen LogP contribution is -2.01. The van der Waals surface area contributed by atoms with Crippen molar-refractivity contribution in [3.05, 3.63) is 57.5 Å². The first-order valence-corrected chi connectivity index (χ1v) is 17.5. The number of aromatic nitrogens is 2. The van der Waals surface area contributed by atoms with Crippen LogP contribution in [0.1, 0.15) is 25.7 Å². The van der Waals surface area contributed by atoms with Crippen LogP contribution in [0.2, 0.25) is 0 Å². The van der Waals surface area contributed by atoms with E-state index in [2.05, 4.69) is 77.4 Å². The Morgan fingerprint density at radius 3 is 1.68 bits per heavy atom. The predicted molar refractivity (Wildman–Crippen MR) is 160 cm³/mol. The summed E-state index contributed by atoms with van der Waals surface area (Å²) in [5.41, 5.74) is 4.22. The van der Waals surface area contributed by atoms with Crippen LogP contribution in [0.25, 0.3) is 43.6 Å². The molecular formula is C26H28Br2N2O6P2. The summed E-state index contributed by atoms with van der Waals surface area (Å²) in [5, 5.41) is 4.37. The SMILES string of the molecule is O=P(O)(O)CCCCn1c2ccc(Br)cc2c2c1ccc1c3cc(Br)ccc3n(CCCCP(=O)(O)O)c12. The number of unbranched alkanes of at least 4 members (excludes halogenated alkanes) is 2. The minimum Gasteiger partial charge on any atom is -0.340 e. The van der Waals surface area contributed by atoms with Gasteiger partial charge < -0.3 is 28.7 Å². The van der Waals surface area contributed by atoms with Crippen LogP contribution in [-0.4, -0.2) is 41.0 Å². The predicted octanol–water partition coefficient (Wildman–Crippen LogP) is 7.34. The summed E-state index contributed by atoms with van der Waals surface area (Å²) in [4.78, 5) is 37.2. The van der Waals surface area contributed by atoms with Crippen molar-refractivity contribution in [1.29, 1.82) is 0 Å². The fourth-order valence-electron chi connectivity index (χ4n) is 5.37. The molecule has 0 unspecified atom stereocenters. The number of aryl methyl sites for hydroxylation is 2. The highest BCUT2D eigenvalue weighted by atomic mass is 79.9. The summed E-state index contributed by atoms with van der Waals surface area (Å²) in [6.45, 7) is 1.24. The van der Waals surface area contributed by atoms with Crippen LogP contribution < -0.4 is 0 Å². The molecule has 38 heavy (non-hydrogen) atoms. The molecule has 0 aliphatic rings. The van der Waals surface area contributed by atoms with Gasteiger partial charge in [0.05, 0.1) is 11.0 Å². The van der Waals surface area contributed by atoms with Crippen LogP contribution >= 0.6 is 47.1 Å². The second-order valence-corrected chi connectivity index (χ2v) is 15.1. The van der Waals surface area contributed by atoms with Gasteiger partial charge in [-0.2, -0.15) is 0 Å². The summed E-state index contributed by atoms with van der Waals surface area (Å²) < 4.78 is 29.2. The molecule has 5 rings (SSSR count). The Kier molecular flexibility index (Phi) is 8.00. The van der Waals surface area contributed by atoms with Gasteiger partial charge in [-0.1, -0.05) is 37.9 Å². The first-order valence-electron chi connectivity index (χ1n) is 12.3. The quantitative estimate of drug-likeness (QED) is 0.0901. The van der Waals surface area contributed by atoms with Crippen molar-refractivity contribution in [2.45, 2.75) is 38.8 Å². The molecule has 0 radical (unpaired) electrons. The zero-order valence-electron chi connectivity index (χ0n) is 20.4. The zero-order chi connectivity index (χ0) is 27.2. The van der Waals surface area contributed by atoms with E-state index in [4.69, 9.17) is 0 Å². The molecule has 0 amide bonds. The summed E-state index contributed by atoms with van der Waals surface area (Å²) in [6, 6.07) is 16.6. The second-order valence-electron chi connectivity index (χ2n) is 9.67. The monoisotopic (exact) mass is 684 g/mol. The third kappa shape index (κ3) is 5.84. The highest BCUT2D eigenvalue weighted by Crippen LogP contribution is 2.42. The Labute approximate surface area is 236 Å². The third-order valence-corrected chi connectivity index (χ3v) is 9.72. The van der Waals surface area contributed by atoms with E-state index in [0.29, 0.717) is 38.8 Å². The van der Waals surface area contributed by atoms with E-state index in [1.807, 2.05) is 12.1 Å². The molecule has 202 valence electrons. The Hall–Kier alpha value is -1.48. The van der Waals surface area contributed by atoms with Crippen molar-refractivity contribution in [2.24, 2.45) is 0 Å². The van der Waals surface area contributed by atoms with Crippen molar-refractivity contribution in [1.82, 2.24) is 9.13 Å². The smallest absolute Gasteiger partial charge is 0.325 e. The molecule has 2 heterocycles. The molecule has 0 fully saturated rings. The van der Waals surface area contributed by atoms with Crippen LogP contribution in [0.15, 0.2) is 57.5 Å². The lowest BCUT2D eigenvalue weighted by Gasteiger charge is -2.10. The Morgan fingerprint density at radius 1 is 0.605 bits per heavy atom. The maximum absolute atomic E-state index is 11.4. The molecule has 4 N–H and O–H groups in total. The van der Waals surface area contributed by atoms with Gasteiger partial charge in [-0.25, -0.2) is 0 Å². The molecule has 2 aromatic heterocycles. The van der Waals surface area contributed by atoms with Gasteiger partial charge in [-0.15, -0.1) is 0 Å². The number of rotatable bonds is 10. The normalized spacial score (nSPS) is 13.0. The molecular weight excluding hydrogens is 658 g/mol. The maximum Gasteiger partial charge on any atom is 0.325 e. The van der Waals surface area contributed by atoms with E-state index >= 15 is 0 Å². The van der Waals surface area contributed by atoms with E-state index < -0.39 is 15.2 Å². The third-order valence-electron chi connectivity index (χ3n) is 6.94. The number of halogens is 2. The molecule has 5 aromatic rings. The van der Waals surface area contributed by atoms with Crippen molar-refractivity contribution < 1.29 is 28.7 Å². The summed E-state index contributed by atoms with van der Waals surface area (Å²) in [6.07, 6.45) is 1.85. The van der Waals surface area contributed by atoms with Crippen molar-refractivity contribution in [3.63, 3.8) is 0 Å². The molecule has 0 saturated heterocycles.